The number of hydrogen-bond donors (Lipinski definition) is 1. The van der Waals surface area contributed by atoms with Crippen molar-refractivity contribution in [1.82, 2.24) is 10.2 Å². The quantitative estimate of drug-likeness (QED) is 0.897. The number of nitrogens with one attached hydrogen (secondary N) is 1. The second-order valence-electron chi connectivity index (χ2n) is 4.47. The highest BCUT2D eigenvalue weighted by Gasteiger charge is 2.17. The van der Waals surface area contributed by atoms with Gasteiger partial charge in [-0.25, -0.2) is 0 Å². The van der Waals surface area contributed by atoms with Crippen LogP contribution in [-0.2, 0) is 6.54 Å². The largest absolute Gasteiger partial charge is 0.317 e. The molecule has 2 rings (SSSR count). The molecule has 0 aliphatic carbocycles. The van der Waals surface area contributed by atoms with Crippen LogP contribution in [0.1, 0.15) is 24.8 Å². The fraction of sp³-hybridized carbons (Fsp3) is 0.667. The number of thiophene rings is 1. The standard InChI is InChI=1S/C12H19ClN2S/c1-15(9-10-5-8-16-12(10)13)11-3-2-6-14-7-4-11/h5,8,11,14H,2-4,6-7,9H2,1H3. The molecule has 1 aliphatic rings. The van der Waals surface area contributed by atoms with Crippen molar-refractivity contribution < 1.29 is 0 Å². The average molecular weight is 259 g/mol. The summed E-state index contributed by atoms with van der Waals surface area (Å²) >= 11 is 7.76. The lowest BCUT2D eigenvalue weighted by Gasteiger charge is -2.26. The summed E-state index contributed by atoms with van der Waals surface area (Å²) < 4.78 is 0.943. The van der Waals surface area contributed by atoms with E-state index in [0.717, 1.165) is 17.4 Å². The first kappa shape index (κ1) is 12.4. The fourth-order valence-corrected chi connectivity index (χ4v) is 3.18. The summed E-state index contributed by atoms with van der Waals surface area (Å²) in [5.74, 6) is 0. The molecule has 1 N–H and O–H groups in total. The fourth-order valence-electron chi connectivity index (χ4n) is 2.27. The summed E-state index contributed by atoms with van der Waals surface area (Å²) in [6.45, 7) is 3.29. The van der Waals surface area contributed by atoms with Gasteiger partial charge in [0.1, 0.15) is 0 Å². The zero-order valence-corrected chi connectivity index (χ0v) is 11.3. The molecule has 1 saturated heterocycles. The van der Waals surface area contributed by atoms with Crippen LogP contribution in [0, 0.1) is 0 Å². The minimum absolute atomic E-state index is 0.700. The lowest BCUT2D eigenvalue weighted by Crippen LogP contribution is -2.31. The highest BCUT2D eigenvalue weighted by atomic mass is 35.5. The number of hydrogen-bond acceptors (Lipinski definition) is 3. The normalized spacial score (nSPS) is 22.3. The van der Waals surface area contributed by atoms with Gasteiger partial charge in [0.2, 0.25) is 0 Å². The maximum atomic E-state index is 6.13. The smallest absolute Gasteiger partial charge is 0.0973 e. The molecule has 16 heavy (non-hydrogen) atoms. The zero-order valence-electron chi connectivity index (χ0n) is 9.71. The van der Waals surface area contributed by atoms with E-state index in [-0.39, 0.29) is 0 Å². The van der Waals surface area contributed by atoms with Crippen LogP contribution in [0.25, 0.3) is 0 Å². The van der Waals surface area contributed by atoms with E-state index in [1.54, 1.807) is 11.3 Å². The van der Waals surface area contributed by atoms with E-state index in [0.29, 0.717) is 6.04 Å². The Hall–Kier alpha value is -0.0900. The van der Waals surface area contributed by atoms with Gasteiger partial charge in [-0.05, 0) is 56.4 Å². The molecule has 0 spiro atoms. The average Bonchev–Trinajstić information content (AvgIpc) is 2.57. The monoisotopic (exact) mass is 258 g/mol. The van der Waals surface area contributed by atoms with Crippen LogP contribution in [0.4, 0.5) is 0 Å². The van der Waals surface area contributed by atoms with Gasteiger partial charge in [0.15, 0.2) is 0 Å². The van der Waals surface area contributed by atoms with Gasteiger partial charge in [0, 0.05) is 12.6 Å². The molecule has 2 heterocycles. The summed E-state index contributed by atoms with van der Waals surface area (Å²) in [6, 6.07) is 2.84. The molecule has 2 nitrogen and oxygen atoms in total. The molecule has 90 valence electrons. The van der Waals surface area contributed by atoms with E-state index < -0.39 is 0 Å². The molecule has 1 atom stereocenters. The molecule has 1 aromatic heterocycles. The third kappa shape index (κ3) is 3.20. The minimum Gasteiger partial charge on any atom is -0.317 e. The van der Waals surface area contributed by atoms with Crippen molar-refractivity contribution in [2.24, 2.45) is 0 Å². The molecule has 1 fully saturated rings. The Labute approximate surface area is 107 Å². The van der Waals surface area contributed by atoms with Gasteiger partial charge in [-0.2, -0.15) is 0 Å². The van der Waals surface area contributed by atoms with Crippen molar-refractivity contribution in [3.05, 3.63) is 21.3 Å². The van der Waals surface area contributed by atoms with Crippen molar-refractivity contribution >= 4 is 22.9 Å². The molecule has 0 aromatic carbocycles. The van der Waals surface area contributed by atoms with Gasteiger partial charge in [-0.3, -0.25) is 4.90 Å². The molecule has 0 radical (unpaired) electrons. The van der Waals surface area contributed by atoms with Gasteiger partial charge < -0.3 is 5.32 Å². The molecule has 1 aromatic rings. The molecular weight excluding hydrogens is 240 g/mol. The first-order valence-corrected chi connectivity index (χ1v) is 7.16. The highest BCUT2D eigenvalue weighted by Crippen LogP contribution is 2.25. The Kier molecular flexibility index (Phi) is 4.65. The first-order chi connectivity index (χ1) is 7.77. The van der Waals surface area contributed by atoms with E-state index >= 15 is 0 Å². The molecule has 1 unspecified atom stereocenters. The van der Waals surface area contributed by atoms with Crippen LogP contribution < -0.4 is 5.32 Å². The summed E-state index contributed by atoms with van der Waals surface area (Å²) in [5, 5.41) is 5.52. The summed E-state index contributed by atoms with van der Waals surface area (Å²) in [4.78, 5) is 2.45. The SMILES string of the molecule is CN(Cc1ccsc1Cl)C1CCCNCC1. The van der Waals surface area contributed by atoms with E-state index in [1.807, 2.05) is 0 Å². The third-order valence-corrected chi connectivity index (χ3v) is 4.53. The Morgan fingerprint density at radius 3 is 3.12 bits per heavy atom. The van der Waals surface area contributed by atoms with Gasteiger partial charge >= 0.3 is 0 Å². The summed E-state index contributed by atoms with van der Waals surface area (Å²) in [5.41, 5.74) is 1.27. The van der Waals surface area contributed by atoms with Crippen LogP contribution in [0.3, 0.4) is 0 Å². The zero-order chi connectivity index (χ0) is 11.4. The van der Waals surface area contributed by atoms with Crippen molar-refractivity contribution in [3.63, 3.8) is 0 Å². The second kappa shape index (κ2) is 6.01. The molecular formula is C12H19ClN2S. The number of halogens is 1. The maximum Gasteiger partial charge on any atom is 0.0973 e. The van der Waals surface area contributed by atoms with E-state index in [9.17, 15) is 0 Å². The Morgan fingerprint density at radius 2 is 2.38 bits per heavy atom. The predicted octanol–water partition coefficient (Wildman–Crippen LogP) is 2.98. The van der Waals surface area contributed by atoms with E-state index in [1.165, 1.54) is 31.4 Å². The molecule has 1 aliphatic heterocycles. The van der Waals surface area contributed by atoms with Crippen LogP contribution >= 0.6 is 22.9 Å². The topological polar surface area (TPSA) is 15.3 Å². The molecule has 0 bridgehead atoms. The maximum absolute atomic E-state index is 6.13. The van der Waals surface area contributed by atoms with Gasteiger partial charge in [0.25, 0.3) is 0 Å². The van der Waals surface area contributed by atoms with Gasteiger partial charge in [-0.15, -0.1) is 11.3 Å². The molecule has 4 heteroatoms. The summed E-state index contributed by atoms with van der Waals surface area (Å²) in [6.07, 6.45) is 3.83. The van der Waals surface area contributed by atoms with Crippen molar-refractivity contribution in [1.29, 1.82) is 0 Å². The summed E-state index contributed by atoms with van der Waals surface area (Å²) in [7, 11) is 2.21. The number of rotatable bonds is 3. The van der Waals surface area contributed by atoms with Gasteiger partial charge in [-0.1, -0.05) is 11.6 Å². The van der Waals surface area contributed by atoms with E-state index in [2.05, 4.69) is 28.7 Å². The van der Waals surface area contributed by atoms with Crippen molar-refractivity contribution in [3.8, 4) is 0 Å². The van der Waals surface area contributed by atoms with Crippen LogP contribution in [0.5, 0.6) is 0 Å². The van der Waals surface area contributed by atoms with Crippen molar-refractivity contribution in [2.45, 2.75) is 31.8 Å². The van der Waals surface area contributed by atoms with Gasteiger partial charge in [0.05, 0.1) is 4.34 Å². The number of nitrogens with zero attached hydrogens (tertiary/aromatic N) is 1. The van der Waals surface area contributed by atoms with Crippen molar-refractivity contribution in [2.75, 3.05) is 20.1 Å². The van der Waals surface area contributed by atoms with Crippen LogP contribution in [0.2, 0.25) is 4.34 Å². The Balaban J connectivity index is 1.91. The molecule has 0 amide bonds. The first-order valence-electron chi connectivity index (χ1n) is 5.90. The Bertz CT molecular complexity index is 319. The predicted molar refractivity (Wildman–Crippen MR) is 71.3 cm³/mol. The lowest BCUT2D eigenvalue weighted by molar-refractivity contribution is 0.217. The second-order valence-corrected chi connectivity index (χ2v) is 5.99. The molecule has 0 saturated carbocycles. The highest BCUT2D eigenvalue weighted by molar-refractivity contribution is 7.14. The van der Waals surface area contributed by atoms with Crippen LogP contribution in [0.15, 0.2) is 11.4 Å². The van der Waals surface area contributed by atoms with Crippen LogP contribution in [-0.4, -0.2) is 31.1 Å². The minimum atomic E-state index is 0.700. The lowest BCUT2D eigenvalue weighted by atomic mass is 10.1. The Morgan fingerprint density at radius 1 is 1.50 bits per heavy atom. The van der Waals surface area contributed by atoms with E-state index in [4.69, 9.17) is 11.6 Å². The third-order valence-electron chi connectivity index (χ3n) is 3.28.